The number of fused-ring (bicyclic) bond motifs is 2. The Morgan fingerprint density at radius 2 is 0.364 bits per heavy atom. The Morgan fingerprint density at radius 1 is 0.197 bits per heavy atom. The predicted molar refractivity (Wildman–Crippen MR) is 279 cm³/mol. The average molecular weight is 855 g/mol. The van der Waals surface area contributed by atoms with Crippen molar-refractivity contribution in [3.8, 4) is 0 Å². The summed E-state index contributed by atoms with van der Waals surface area (Å²) in [6.45, 7) is 8.56. The number of nitrogens with zero attached hydrogens (tertiary/aromatic N) is 4. The molecule has 0 aromatic heterocycles. The molecule has 0 saturated heterocycles. The lowest BCUT2D eigenvalue weighted by Crippen LogP contribution is -2.16. The number of hydrogen-bond acceptors (Lipinski definition) is 4. The highest BCUT2D eigenvalue weighted by atomic mass is 15.2. The molecule has 9 aromatic rings. The van der Waals surface area contributed by atoms with Gasteiger partial charge in [0, 0.05) is 68.2 Å². The van der Waals surface area contributed by atoms with E-state index in [4.69, 9.17) is 0 Å². The summed E-state index contributed by atoms with van der Waals surface area (Å²) in [4.78, 5) is 9.49. The van der Waals surface area contributed by atoms with E-state index in [1.54, 1.807) is 0 Å². The fourth-order valence-electron chi connectivity index (χ4n) is 9.46. The summed E-state index contributed by atoms with van der Waals surface area (Å²) in [7, 11) is 0. The molecule has 4 heteroatoms. The first-order valence-electron chi connectivity index (χ1n) is 23.3. The summed E-state index contributed by atoms with van der Waals surface area (Å²) in [5.41, 5.74) is 24.3. The predicted octanol–water partition coefficient (Wildman–Crippen LogP) is 17.0. The van der Waals surface area contributed by atoms with Gasteiger partial charge in [-0.25, -0.2) is 0 Å². The lowest BCUT2D eigenvalue weighted by Gasteiger charge is -2.31. The first-order chi connectivity index (χ1) is 32.3. The highest BCUT2D eigenvalue weighted by Gasteiger charge is 2.23. The molecule has 0 aliphatic heterocycles. The van der Waals surface area contributed by atoms with Crippen molar-refractivity contribution >= 4 is 68.2 Å². The largest absolute Gasteiger partial charge is 0.311 e. The minimum atomic E-state index is 1.11. The third kappa shape index (κ3) is 8.01. The Morgan fingerprint density at radius 3 is 0.545 bits per heavy atom. The molecular formula is C62H54N4. The molecule has 0 bridgehead atoms. The second-order valence-electron chi connectivity index (χ2n) is 18.1. The maximum atomic E-state index is 2.41. The summed E-state index contributed by atoms with van der Waals surface area (Å²) in [5, 5.41) is 0. The van der Waals surface area contributed by atoms with E-state index in [-0.39, 0.29) is 0 Å². The van der Waals surface area contributed by atoms with Crippen LogP contribution < -0.4 is 19.6 Å². The normalized spacial score (nSPS) is 12.3. The zero-order chi connectivity index (χ0) is 44.7. The van der Waals surface area contributed by atoms with Crippen LogP contribution in [0.4, 0.5) is 68.2 Å². The van der Waals surface area contributed by atoms with Gasteiger partial charge >= 0.3 is 0 Å². The van der Waals surface area contributed by atoms with E-state index in [9.17, 15) is 0 Å². The van der Waals surface area contributed by atoms with Gasteiger partial charge in [-0.3, -0.25) is 0 Å². The molecule has 0 unspecified atom stereocenters. The van der Waals surface area contributed by atoms with E-state index in [1.165, 1.54) is 55.9 Å². The second kappa shape index (κ2) is 17.3. The zero-order valence-corrected chi connectivity index (χ0v) is 38.2. The molecule has 0 saturated carbocycles. The SMILES string of the molecule is Cc1ccc(N(c2ccc(C)cc2)c2ccc(N(c3ccc(N(c4ccc(N(c5ccc(C)cc5)c5ccc(C)cc5)cc4)c4ccc5c(c4)CC5)cc3)c3ccc4c(c3)CC4)cc2)cc1. The fourth-order valence-corrected chi connectivity index (χ4v) is 9.46. The number of aryl methyl sites for hydroxylation is 8. The third-order valence-electron chi connectivity index (χ3n) is 13.5. The number of hydrogen-bond donors (Lipinski definition) is 0. The maximum absolute atomic E-state index is 2.41. The van der Waals surface area contributed by atoms with Crippen LogP contribution in [0.1, 0.15) is 44.5 Å². The summed E-state index contributed by atoms with van der Waals surface area (Å²) in [6.07, 6.45) is 4.56. The fraction of sp³-hybridized carbons (Fsp3) is 0.129. The van der Waals surface area contributed by atoms with Crippen molar-refractivity contribution in [2.75, 3.05) is 19.6 Å². The Bertz CT molecular complexity index is 2830. The summed E-state index contributed by atoms with van der Waals surface area (Å²) >= 11 is 0. The van der Waals surface area contributed by atoms with Gasteiger partial charge < -0.3 is 19.6 Å². The molecular weight excluding hydrogens is 801 g/mol. The van der Waals surface area contributed by atoms with Crippen LogP contribution in [0.2, 0.25) is 0 Å². The molecule has 2 aliphatic rings. The van der Waals surface area contributed by atoms with E-state index in [1.807, 2.05) is 0 Å². The van der Waals surface area contributed by atoms with Crippen LogP contribution in [0.25, 0.3) is 0 Å². The Labute approximate surface area is 390 Å². The molecule has 0 amide bonds. The van der Waals surface area contributed by atoms with Gasteiger partial charge in [0.15, 0.2) is 0 Å². The standard InChI is InChI=1S/C62H54N4/c1-43-5-19-51(20-6-43)63(52-21-7-44(2)8-22-52)55-29-33-57(34-30-55)65(61-27-17-47-13-15-49(47)41-61)59-37-39-60(40-38-59)66(62-28-18-48-14-16-50(48)42-62)58-35-31-56(32-36-58)64(53-23-9-45(3)10-24-53)54-25-11-46(4)12-26-54/h5-12,17-42H,13-16H2,1-4H3. The van der Waals surface area contributed by atoms with Crippen molar-refractivity contribution in [2.45, 2.75) is 53.4 Å². The van der Waals surface area contributed by atoms with Crippen LogP contribution in [0.15, 0.2) is 206 Å². The number of benzene rings is 9. The van der Waals surface area contributed by atoms with E-state index < -0.39 is 0 Å². The van der Waals surface area contributed by atoms with Gasteiger partial charge in [-0.15, -0.1) is 0 Å². The van der Waals surface area contributed by atoms with E-state index in [2.05, 4.69) is 254 Å². The molecule has 4 nitrogen and oxygen atoms in total. The van der Waals surface area contributed by atoms with Gasteiger partial charge in [0.25, 0.3) is 0 Å². The molecule has 322 valence electrons. The molecule has 0 N–H and O–H groups in total. The van der Waals surface area contributed by atoms with Crippen molar-refractivity contribution in [3.63, 3.8) is 0 Å². The molecule has 0 radical (unpaired) electrons. The smallest absolute Gasteiger partial charge is 0.0464 e. The lowest BCUT2D eigenvalue weighted by molar-refractivity contribution is 0.839. The van der Waals surface area contributed by atoms with Gasteiger partial charge in [0.1, 0.15) is 0 Å². The first-order valence-corrected chi connectivity index (χ1v) is 23.3. The van der Waals surface area contributed by atoms with Gasteiger partial charge in [-0.1, -0.05) is 82.9 Å². The van der Waals surface area contributed by atoms with Gasteiger partial charge in [0.2, 0.25) is 0 Å². The van der Waals surface area contributed by atoms with Gasteiger partial charge in [-0.2, -0.15) is 0 Å². The highest BCUT2D eigenvalue weighted by molar-refractivity contribution is 5.85. The molecule has 11 rings (SSSR count). The highest BCUT2D eigenvalue weighted by Crippen LogP contribution is 2.44. The van der Waals surface area contributed by atoms with Gasteiger partial charge in [-0.05, 0) is 221 Å². The molecule has 9 aromatic carbocycles. The second-order valence-corrected chi connectivity index (χ2v) is 18.1. The van der Waals surface area contributed by atoms with Crippen molar-refractivity contribution in [3.05, 3.63) is 251 Å². The summed E-state index contributed by atoms with van der Waals surface area (Å²) in [6, 6.07) is 76.4. The number of rotatable bonds is 12. The average Bonchev–Trinajstić information content (AvgIpc) is 3.32. The minimum absolute atomic E-state index is 1.11. The minimum Gasteiger partial charge on any atom is -0.311 e. The molecule has 0 atom stereocenters. The Hall–Kier alpha value is -7.82. The van der Waals surface area contributed by atoms with Crippen molar-refractivity contribution in [1.29, 1.82) is 0 Å². The van der Waals surface area contributed by atoms with Gasteiger partial charge in [0.05, 0.1) is 0 Å². The molecule has 0 heterocycles. The lowest BCUT2D eigenvalue weighted by atomic mass is 9.88. The molecule has 0 fully saturated rings. The van der Waals surface area contributed by atoms with Crippen LogP contribution in [0, 0.1) is 27.7 Å². The molecule has 2 aliphatic carbocycles. The number of anilines is 12. The first kappa shape index (κ1) is 40.9. The van der Waals surface area contributed by atoms with Crippen molar-refractivity contribution in [2.24, 2.45) is 0 Å². The van der Waals surface area contributed by atoms with E-state index >= 15 is 0 Å². The van der Waals surface area contributed by atoms with Crippen LogP contribution >= 0.6 is 0 Å². The monoisotopic (exact) mass is 854 g/mol. The van der Waals surface area contributed by atoms with E-state index in [0.717, 1.165) is 82.6 Å². The Balaban J connectivity index is 0.962. The maximum Gasteiger partial charge on any atom is 0.0464 e. The van der Waals surface area contributed by atoms with Crippen molar-refractivity contribution < 1.29 is 0 Å². The quantitative estimate of drug-likeness (QED) is 0.121. The molecule has 0 spiro atoms. The summed E-state index contributed by atoms with van der Waals surface area (Å²) < 4.78 is 0. The molecule has 66 heavy (non-hydrogen) atoms. The van der Waals surface area contributed by atoms with Crippen LogP contribution in [0.3, 0.4) is 0 Å². The zero-order valence-electron chi connectivity index (χ0n) is 38.2. The third-order valence-corrected chi connectivity index (χ3v) is 13.5. The van der Waals surface area contributed by atoms with E-state index in [0.29, 0.717) is 0 Å². The Kier molecular flexibility index (Phi) is 10.7. The summed E-state index contributed by atoms with van der Waals surface area (Å²) in [5.74, 6) is 0. The van der Waals surface area contributed by atoms with Crippen LogP contribution in [0.5, 0.6) is 0 Å². The topological polar surface area (TPSA) is 13.0 Å². The van der Waals surface area contributed by atoms with Crippen LogP contribution in [-0.4, -0.2) is 0 Å². The van der Waals surface area contributed by atoms with Crippen LogP contribution in [-0.2, 0) is 25.7 Å². The van der Waals surface area contributed by atoms with Crippen molar-refractivity contribution in [1.82, 2.24) is 0 Å².